The van der Waals surface area contributed by atoms with Crippen LogP contribution in [0.5, 0.6) is 0 Å². The molecule has 0 aliphatic carbocycles. The number of amides is 1. The summed E-state index contributed by atoms with van der Waals surface area (Å²) in [5.41, 5.74) is 0. The minimum atomic E-state index is -2.59. The SMILES string of the molecule is O=C(CCl)NC1C=CS(O)(O)C1. The molecule has 0 saturated carbocycles. The summed E-state index contributed by atoms with van der Waals surface area (Å²) in [4.78, 5) is 10.7. The minimum absolute atomic E-state index is 0.108. The third-order valence-electron chi connectivity index (χ3n) is 1.42. The molecule has 0 spiro atoms. The van der Waals surface area contributed by atoms with Gasteiger partial charge >= 0.3 is 0 Å². The summed E-state index contributed by atoms with van der Waals surface area (Å²) in [5.74, 6) is -0.248. The number of hydrogen-bond acceptors (Lipinski definition) is 3. The highest BCUT2D eigenvalue weighted by Crippen LogP contribution is 2.44. The maximum atomic E-state index is 10.7. The second kappa shape index (κ2) is 3.66. The number of halogens is 1. The third-order valence-corrected chi connectivity index (χ3v) is 3.11. The number of rotatable bonds is 2. The first-order chi connectivity index (χ1) is 5.53. The summed E-state index contributed by atoms with van der Waals surface area (Å²) in [6, 6.07) is -0.291. The van der Waals surface area contributed by atoms with Crippen LogP contribution in [0.2, 0.25) is 0 Å². The van der Waals surface area contributed by atoms with Crippen LogP contribution in [-0.4, -0.2) is 32.7 Å². The molecule has 3 N–H and O–H groups in total. The Morgan fingerprint density at radius 2 is 2.42 bits per heavy atom. The Morgan fingerprint density at radius 1 is 1.75 bits per heavy atom. The van der Waals surface area contributed by atoms with Gasteiger partial charge in [0.15, 0.2) is 0 Å². The van der Waals surface area contributed by atoms with E-state index in [4.69, 9.17) is 20.7 Å². The van der Waals surface area contributed by atoms with E-state index in [0.29, 0.717) is 0 Å². The van der Waals surface area contributed by atoms with Crippen LogP contribution in [0.15, 0.2) is 11.5 Å². The highest BCUT2D eigenvalue weighted by Gasteiger charge is 2.22. The van der Waals surface area contributed by atoms with Crippen LogP contribution in [0.3, 0.4) is 0 Å². The molecular weight excluding hydrogens is 202 g/mol. The second-order valence-corrected chi connectivity index (χ2v) is 4.83. The van der Waals surface area contributed by atoms with E-state index >= 15 is 0 Å². The van der Waals surface area contributed by atoms with Crippen LogP contribution in [0, 0.1) is 0 Å². The van der Waals surface area contributed by atoms with Crippen molar-refractivity contribution in [2.45, 2.75) is 6.04 Å². The average Bonchev–Trinajstić information content (AvgIpc) is 2.30. The Balaban J connectivity index is 2.40. The Labute approximate surface area is 76.9 Å². The zero-order valence-electron chi connectivity index (χ0n) is 6.24. The summed E-state index contributed by atoms with van der Waals surface area (Å²) < 4.78 is 18.2. The zero-order chi connectivity index (χ0) is 9.19. The highest BCUT2D eigenvalue weighted by atomic mass is 35.5. The Bertz CT molecular complexity index is 219. The molecule has 1 unspecified atom stereocenters. The van der Waals surface area contributed by atoms with Crippen molar-refractivity contribution < 1.29 is 13.9 Å². The van der Waals surface area contributed by atoms with Gasteiger partial charge in [0.2, 0.25) is 5.91 Å². The molecule has 0 bridgehead atoms. The predicted molar refractivity (Wildman–Crippen MR) is 49.5 cm³/mol. The molecule has 6 heteroatoms. The fourth-order valence-corrected chi connectivity index (χ4v) is 2.28. The average molecular weight is 212 g/mol. The first kappa shape index (κ1) is 9.85. The van der Waals surface area contributed by atoms with Gasteiger partial charge in [0.25, 0.3) is 0 Å². The maximum absolute atomic E-state index is 10.7. The molecule has 0 aromatic rings. The molecule has 70 valence electrons. The monoisotopic (exact) mass is 211 g/mol. The van der Waals surface area contributed by atoms with Gasteiger partial charge in [0, 0.05) is 5.41 Å². The molecule has 1 aliphatic heterocycles. The van der Waals surface area contributed by atoms with Crippen LogP contribution in [0.4, 0.5) is 0 Å². The molecular formula is C6H10ClNO3S. The van der Waals surface area contributed by atoms with Gasteiger partial charge in [-0.3, -0.25) is 13.9 Å². The molecule has 0 saturated heterocycles. The van der Waals surface area contributed by atoms with Crippen molar-refractivity contribution in [3.8, 4) is 0 Å². The van der Waals surface area contributed by atoms with Crippen molar-refractivity contribution in [2.75, 3.05) is 11.6 Å². The molecule has 0 radical (unpaired) electrons. The normalized spacial score (nSPS) is 28.4. The van der Waals surface area contributed by atoms with Crippen LogP contribution in [-0.2, 0) is 4.79 Å². The van der Waals surface area contributed by atoms with Crippen LogP contribution in [0.25, 0.3) is 0 Å². The molecule has 1 aliphatic rings. The van der Waals surface area contributed by atoms with E-state index in [1.54, 1.807) is 6.08 Å². The molecule has 12 heavy (non-hydrogen) atoms. The van der Waals surface area contributed by atoms with E-state index in [0.717, 1.165) is 0 Å². The van der Waals surface area contributed by atoms with Gasteiger partial charge in [-0.2, -0.15) is 10.6 Å². The van der Waals surface area contributed by atoms with Crippen LogP contribution < -0.4 is 5.32 Å². The van der Waals surface area contributed by atoms with Gasteiger partial charge in [0.1, 0.15) is 5.88 Å². The molecule has 1 rings (SSSR count). The van der Waals surface area contributed by atoms with E-state index < -0.39 is 10.6 Å². The quantitative estimate of drug-likeness (QED) is 0.597. The topological polar surface area (TPSA) is 69.6 Å². The third kappa shape index (κ3) is 2.67. The Hall–Kier alpha value is -0.230. The van der Waals surface area contributed by atoms with Gasteiger partial charge in [-0.1, -0.05) is 0 Å². The van der Waals surface area contributed by atoms with Gasteiger partial charge in [0.05, 0.1) is 11.8 Å². The Morgan fingerprint density at radius 3 is 2.83 bits per heavy atom. The van der Waals surface area contributed by atoms with Crippen molar-refractivity contribution in [1.29, 1.82) is 0 Å². The fourth-order valence-electron chi connectivity index (χ4n) is 0.931. The summed E-state index contributed by atoms with van der Waals surface area (Å²) in [7, 11) is -2.59. The van der Waals surface area contributed by atoms with Gasteiger partial charge in [-0.05, 0) is 6.08 Å². The smallest absolute Gasteiger partial charge is 0.235 e. The summed E-state index contributed by atoms with van der Waals surface area (Å²) in [6.45, 7) is 0. The molecule has 0 aromatic heterocycles. The number of carbonyl (C=O) groups is 1. The lowest BCUT2D eigenvalue weighted by Gasteiger charge is -2.24. The lowest BCUT2D eigenvalue weighted by Crippen LogP contribution is -2.35. The summed E-state index contributed by atoms with van der Waals surface area (Å²) in [6.07, 6.45) is 1.57. The summed E-state index contributed by atoms with van der Waals surface area (Å²) >= 11 is 5.25. The minimum Gasteiger partial charge on any atom is -0.347 e. The van der Waals surface area contributed by atoms with E-state index in [-0.39, 0.29) is 23.6 Å². The predicted octanol–water partition coefficient (Wildman–Crippen LogP) is 0.988. The molecule has 1 heterocycles. The van der Waals surface area contributed by atoms with Crippen molar-refractivity contribution in [3.63, 3.8) is 0 Å². The molecule has 1 amide bonds. The van der Waals surface area contributed by atoms with Gasteiger partial charge in [-0.25, -0.2) is 0 Å². The highest BCUT2D eigenvalue weighted by molar-refractivity contribution is 8.27. The first-order valence-electron chi connectivity index (χ1n) is 3.33. The lowest BCUT2D eigenvalue weighted by molar-refractivity contribution is -0.118. The van der Waals surface area contributed by atoms with Gasteiger partial charge in [-0.15, -0.1) is 11.6 Å². The number of hydrogen-bond donors (Lipinski definition) is 3. The van der Waals surface area contributed by atoms with Crippen molar-refractivity contribution in [1.82, 2.24) is 5.32 Å². The van der Waals surface area contributed by atoms with Crippen molar-refractivity contribution in [2.24, 2.45) is 0 Å². The van der Waals surface area contributed by atoms with Crippen molar-refractivity contribution >= 4 is 28.1 Å². The second-order valence-electron chi connectivity index (χ2n) is 2.52. The van der Waals surface area contributed by atoms with Crippen molar-refractivity contribution in [3.05, 3.63) is 11.5 Å². The van der Waals surface area contributed by atoms with E-state index in [2.05, 4.69) is 5.32 Å². The fraction of sp³-hybridized carbons (Fsp3) is 0.500. The molecule has 0 aromatic carbocycles. The summed E-state index contributed by atoms with van der Waals surface area (Å²) in [5, 5.41) is 3.85. The Kier molecular flexibility index (Phi) is 3.00. The van der Waals surface area contributed by atoms with Crippen LogP contribution in [0.1, 0.15) is 0 Å². The lowest BCUT2D eigenvalue weighted by atomic mass is 10.3. The molecule has 4 nitrogen and oxygen atoms in total. The number of alkyl halides is 1. The maximum Gasteiger partial charge on any atom is 0.235 e. The molecule has 1 atom stereocenters. The largest absolute Gasteiger partial charge is 0.347 e. The van der Waals surface area contributed by atoms with E-state index in [1.165, 1.54) is 5.41 Å². The molecule has 0 fully saturated rings. The number of carbonyl (C=O) groups excluding carboxylic acids is 1. The number of nitrogens with one attached hydrogen (secondary N) is 1. The van der Waals surface area contributed by atoms with Crippen LogP contribution >= 0.6 is 22.2 Å². The van der Waals surface area contributed by atoms with E-state index in [9.17, 15) is 4.79 Å². The standard InChI is InChI=1S/C6H10ClNO3S/c7-3-6(9)8-5-1-2-12(10,11)4-5/h1-2,5,10-11H,3-4H2,(H,8,9). The van der Waals surface area contributed by atoms with Gasteiger partial charge < -0.3 is 5.32 Å². The van der Waals surface area contributed by atoms with E-state index in [1.807, 2.05) is 0 Å². The zero-order valence-corrected chi connectivity index (χ0v) is 7.81. The first-order valence-corrected chi connectivity index (χ1v) is 5.64.